The van der Waals surface area contributed by atoms with Crippen molar-refractivity contribution in [2.24, 2.45) is 0 Å². The highest BCUT2D eigenvalue weighted by molar-refractivity contribution is 6.30. The topological polar surface area (TPSA) is 70.7 Å². The number of nitrogens with zero attached hydrogens (tertiary/aromatic N) is 3. The Hall–Kier alpha value is -3.05. The molecule has 0 aliphatic heterocycles. The monoisotopic (exact) mass is 337 g/mol. The molecular weight excluding hydrogens is 326 g/mol. The highest BCUT2D eigenvalue weighted by atomic mass is 35.5. The van der Waals surface area contributed by atoms with Crippen molar-refractivity contribution in [3.05, 3.63) is 65.9 Å². The Bertz CT molecular complexity index is 1040. The Morgan fingerprint density at radius 1 is 0.917 bits per heavy atom. The first kappa shape index (κ1) is 14.5. The molecule has 6 heteroatoms. The fraction of sp³-hybridized carbons (Fsp3) is 0. The minimum absolute atomic E-state index is 0.0591. The fourth-order valence-corrected chi connectivity index (χ4v) is 2.78. The van der Waals surface area contributed by atoms with Gasteiger partial charge in [0.2, 0.25) is 0 Å². The van der Waals surface area contributed by atoms with E-state index in [9.17, 15) is 10.2 Å². The van der Waals surface area contributed by atoms with Gasteiger partial charge in [0.15, 0.2) is 5.65 Å². The van der Waals surface area contributed by atoms with Gasteiger partial charge in [0.1, 0.15) is 11.5 Å². The Kier molecular flexibility index (Phi) is 3.36. The summed E-state index contributed by atoms with van der Waals surface area (Å²) in [5.41, 5.74) is 3.56. The minimum atomic E-state index is 0.0591. The fourth-order valence-electron chi connectivity index (χ4n) is 2.66. The highest BCUT2D eigenvalue weighted by Crippen LogP contribution is 2.33. The van der Waals surface area contributed by atoms with E-state index in [4.69, 9.17) is 11.6 Å². The molecule has 5 nitrogen and oxygen atoms in total. The standard InChI is InChI=1S/C18H12ClN3O2/c19-12-3-1-11(2-4-12)15-10-21-22-16(7-8-20-18(15)22)14-9-13(23)5-6-17(14)24/h1-10,23-24H. The van der Waals surface area contributed by atoms with Crippen LogP contribution < -0.4 is 0 Å². The van der Waals surface area contributed by atoms with Gasteiger partial charge in [0.05, 0.1) is 11.9 Å². The van der Waals surface area contributed by atoms with Crippen molar-refractivity contribution in [2.75, 3.05) is 0 Å². The Balaban J connectivity index is 1.94. The van der Waals surface area contributed by atoms with E-state index >= 15 is 0 Å². The number of rotatable bonds is 2. The van der Waals surface area contributed by atoms with Crippen molar-refractivity contribution in [3.8, 4) is 33.9 Å². The van der Waals surface area contributed by atoms with Gasteiger partial charge >= 0.3 is 0 Å². The van der Waals surface area contributed by atoms with Gasteiger partial charge < -0.3 is 10.2 Å². The van der Waals surface area contributed by atoms with Crippen molar-refractivity contribution in [2.45, 2.75) is 0 Å². The second kappa shape index (κ2) is 5.54. The van der Waals surface area contributed by atoms with Gasteiger partial charge in [0, 0.05) is 22.3 Å². The molecule has 2 aromatic carbocycles. The van der Waals surface area contributed by atoms with Gasteiger partial charge in [-0.15, -0.1) is 0 Å². The van der Waals surface area contributed by atoms with E-state index < -0.39 is 0 Å². The number of hydrogen-bond acceptors (Lipinski definition) is 4. The number of aromatic nitrogens is 3. The number of halogens is 1. The van der Waals surface area contributed by atoms with E-state index in [-0.39, 0.29) is 11.5 Å². The lowest BCUT2D eigenvalue weighted by molar-refractivity contribution is 0.461. The van der Waals surface area contributed by atoms with Crippen LogP contribution in [-0.2, 0) is 0 Å². The van der Waals surface area contributed by atoms with Gasteiger partial charge in [-0.2, -0.15) is 5.10 Å². The van der Waals surface area contributed by atoms with Gasteiger partial charge in [0.25, 0.3) is 0 Å². The number of phenols is 2. The maximum Gasteiger partial charge on any atom is 0.163 e. The molecule has 4 rings (SSSR count). The van der Waals surface area contributed by atoms with E-state index in [0.717, 1.165) is 11.1 Å². The van der Waals surface area contributed by atoms with Crippen LogP contribution in [0, 0.1) is 0 Å². The van der Waals surface area contributed by atoms with Crippen LogP contribution in [-0.4, -0.2) is 24.8 Å². The van der Waals surface area contributed by atoms with E-state index in [0.29, 0.717) is 21.9 Å². The molecule has 4 aromatic rings. The number of hydrogen-bond donors (Lipinski definition) is 2. The number of fused-ring (bicyclic) bond motifs is 1. The second-order valence-electron chi connectivity index (χ2n) is 5.33. The largest absolute Gasteiger partial charge is 0.508 e. The zero-order valence-corrected chi connectivity index (χ0v) is 13.1. The van der Waals surface area contributed by atoms with Crippen LogP contribution in [0.15, 0.2) is 60.9 Å². The molecule has 0 saturated carbocycles. The van der Waals surface area contributed by atoms with Crippen LogP contribution in [0.2, 0.25) is 5.02 Å². The molecule has 0 saturated heterocycles. The zero-order valence-electron chi connectivity index (χ0n) is 12.4. The average molecular weight is 338 g/mol. The van der Waals surface area contributed by atoms with Crippen molar-refractivity contribution in [3.63, 3.8) is 0 Å². The molecule has 118 valence electrons. The molecule has 2 aromatic heterocycles. The lowest BCUT2D eigenvalue weighted by Gasteiger charge is -2.08. The molecule has 0 unspecified atom stereocenters. The SMILES string of the molecule is Oc1ccc(O)c(-c2ccnc3c(-c4ccc(Cl)cc4)cnn23)c1. The third-order valence-corrected chi connectivity index (χ3v) is 4.06. The van der Waals surface area contributed by atoms with Crippen molar-refractivity contribution < 1.29 is 10.2 Å². The van der Waals surface area contributed by atoms with Crippen LogP contribution in [0.1, 0.15) is 0 Å². The molecule has 0 radical (unpaired) electrons. The zero-order chi connectivity index (χ0) is 16.7. The lowest BCUT2D eigenvalue weighted by atomic mass is 10.1. The smallest absolute Gasteiger partial charge is 0.163 e. The summed E-state index contributed by atoms with van der Waals surface area (Å²) in [5, 5.41) is 24.9. The number of aromatic hydroxyl groups is 2. The van der Waals surface area contributed by atoms with Crippen molar-refractivity contribution >= 4 is 17.2 Å². The minimum Gasteiger partial charge on any atom is -0.508 e. The molecular formula is C18H12ClN3O2. The third kappa shape index (κ3) is 2.35. The maximum atomic E-state index is 10.1. The molecule has 0 amide bonds. The predicted molar refractivity (Wildman–Crippen MR) is 92.2 cm³/mol. The normalized spacial score (nSPS) is 11.0. The maximum absolute atomic E-state index is 10.1. The summed E-state index contributed by atoms with van der Waals surface area (Å²) < 4.78 is 1.64. The summed E-state index contributed by atoms with van der Waals surface area (Å²) >= 11 is 5.94. The third-order valence-electron chi connectivity index (χ3n) is 3.81. The van der Waals surface area contributed by atoms with Gasteiger partial charge in [-0.25, -0.2) is 9.50 Å². The summed E-state index contributed by atoms with van der Waals surface area (Å²) in [4.78, 5) is 4.40. The summed E-state index contributed by atoms with van der Waals surface area (Å²) in [6.45, 7) is 0. The molecule has 0 atom stereocenters. The summed E-state index contributed by atoms with van der Waals surface area (Å²) in [6.07, 6.45) is 3.37. The quantitative estimate of drug-likeness (QED) is 0.540. The van der Waals surface area contributed by atoms with E-state index in [2.05, 4.69) is 10.1 Å². The van der Waals surface area contributed by atoms with Crippen molar-refractivity contribution in [1.29, 1.82) is 0 Å². The molecule has 2 N–H and O–H groups in total. The Morgan fingerprint density at radius 2 is 1.71 bits per heavy atom. The average Bonchev–Trinajstić information content (AvgIpc) is 3.02. The highest BCUT2D eigenvalue weighted by Gasteiger charge is 2.14. The summed E-state index contributed by atoms with van der Waals surface area (Å²) in [5.74, 6) is 0.127. The molecule has 2 heterocycles. The van der Waals surface area contributed by atoms with Crippen molar-refractivity contribution in [1.82, 2.24) is 14.6 Å². The predicted octanol–water partition coefficient (Wildman–Crippen LogP) is 4.13. The molecule has 0 spiro atoms. The molecule has 0 bridgehead atoms. The molecule has 0 aliphatic carbocycles. The van der Waals surface area contributed by atoms with Crippen LogP contribution >= 0.6 is 11.6 Å². The molecule has 24 heavy (non-hydrogen) atoms. The van der Waals surface area contributed by atoms with Crippen LogP contribution in [0.3, 0.4) is 0 Å². The van der Waals surface area contributed by atoms with E-state index in [1.54, 1.807) is 23.0 Å². The first-order chi connectivity index (χ1) is 11.6. The first-order valence-corrected chi connectivity index (χ1v) is 7.62. The van der Waals surface area contributed by atoms with E-state index in [1.165, 1.54) is 18.2 Å². The Morgan fingerprint density at radius 3 is 2.50 bits per heavy atom. The van der Waals surface area contributed by atoms with Crippen LogP contribution in [0.4, 0.5) is 0 Å². The molecule has 0 fully saturated rings. The second-order valence-corrected chi connectivity index (χ2v) is 5.77. The van der Waals surface area contributed by atoms with Crippen LogP contribution in [0.25, 0.3) is 28.0 Å². The Labute approximate surface area is 142 Å². The van der Waals surface area contributed by atoms with Gasteiger partial charge in [-0.3, -0.25) is 0 Å². The number of phenolic OH excluding ortho intramolecular Hbond substituents is 2. The summed E-state index contributed by atoms with van der Waals surface area (Å²) in [6, 6.07) is 13.5. The van der Waals surface area contributed by atoms with Gasteiger partial charge in [-0.1, -0.05) is 23.7 Å². The van der Waals surface area contributed by atoms with E-state index in [1.807, 2.05) is 24.3 Å². The summed E-state index contributed by atoms with van der Waals surface area (Å²) in [7, 11) is 0. The van der Waals surface area contributed by atoms with Gasteiger partial charge in [-0.05, 0) is 42.0 Å². The number of benzene rings is 2. The lowest BCUT2D eigenvalue weighted by Crippen LogP contribution is -1.96. The van der Waals surface area contributed by atoms with Crippen LogP contribution in [0.5, 0.6) is 11.5 Å². The first-order valence-electron chi connectivity index (χ1n) is 7.24. The molecule has 0 aliphatic rings.